The van der Waals surface area contributed by atoms with E-state index in [0.29, 0.717) is 19.8 Å². The summed E-state index contributed by atoms with van der Waals surface area (Å²) in [5, 5.41) is 3.32. The van der Waals surface area contributed by atoms with Crippen molar-refractivity contribution < 1.29 is 14.2 Å². The summed E-state index contributed by atoms with van der Waals surface area (Å²) in [5.41, 5.74) is 1.10. The van der Waals surface area contributed by atoms with Crippen LogP contribution in [-0.2, 0) is 16.0 Å². The largest absolute Gasteiger partial charge is 0.495 e. The maximum atomic E-state index is 5.39. The maximum Gasteiger partial charge on any atom is 0.137 e. The summed E-state index contributed by atoms with van der Waals surface area (Å²) in [4.78, 5) is 0. The second kappa shape index (κ2) is 9.72. The van der Waals surface area contributed by atoms with Gasteiger partial charge in [0.15, 0.2) is 0 Å². The zero-order chi connectivity index (χ0) is 14.1. The highest BCUT2D eigenvalue weighted by molar-refractivity contribution is 9.11. The molecule has 0 saturated carbocycles. The number of nitrogens with one attached hydrogen (secondary N) is 1. The minimum atomic E-state index is 0.629. The van der Waals surface area contributed by atoms with Crippen molar-refractivity contribution in [3.8, 4) is 5.75 Å². The molecule has 0 aromatic heterocycles. The molecule has 108 valence electrons. The number of methoxy groups -OCH3 is 2. The van der Waals surface area contributed by atoms with Gasteiger partial charge in [0.25, 0.3) is 0 Å². The summed E-state index contributed by atoms with van der Waals surface area (Å²) in [6.45, 7) is 3.45. The molecule has 0 heterocycles. The number of hydrogen-bond acceptors (Lipinski definition) is 4. The molecule has 0 unspecified atom stereocenters. The molecule has 0 fully saturated rings. The van der Waals surface area contributed by atoms with Gasteiger partial charge in [0.2, 0.25) is 0 Å². The van der Waals surface area contributed by atoms with Crippen molar-refractivity contribution in [1.82, 2.24) is 5.32 Å². The van der Waals surface area contributed by atoms with E-state index in [9.17, 15) is 0 Å². The van der Waals surface area contributed by atoms with Crippen molar-refractivity contribution in [2.75, 3.05) is 40.6 Å². The lowest BCUT2D eigenvalue weighted by Gasteiger charge is -2.12. The molecule has 4 nitrogen and oxygen atoms in total. The molecule has 0 amide bonds. The van der Waals surface area contributed by atoms with E-state index in [1.807, 2.05) is 12.1 Å². The summed E-state index contributed by atoms with van der Waals surface area (Å²) >= 11 is 6.96. The van der Waals surface area contributed by atoms with Crippen molar-refractivity contribution in [3.63, 3.8) is 0 Å². The smallest absolute Gasteiger partial charge is 0.137 e. The highest BCUT2D eigenvalue weighted by atomic mass is 79.9. The van der Waals surface area contributed by atoms with E-state index in [4.69, 9.17) is 14.2 Å². The fraction of sp³-hybridized carbons (Fsp3) is 0.538. The molecular formula is C13H19Br2NO3. The third-order valence-corrected chi connectivity index (χ3v) is 3.51. The lowest BCUT2D eigenvalue weighted by atomic mass is 10.2. The summed E-state index contributed by atoms with van der Waals surface area (Å²) in [5.74, 6) is 0.857. The first-order chi connectivity index (χ1) is 9.19. The van der Waals surface area contributed by atoms with Crippen molar-refractivity contribution in [2.45, 2.75) is 6.54 Å². The van der Waals surface area contributed by atoms with Gasteiger partial charge in [-0.2, -0.15) is 0 Å². The van der Waals surface area contributed by atoms with Gasteiger partial charge >= 0.3 is 0 Å². The van der Waals surface area contributed by atoms with Crippen LogP contribution in [0.25, 0.3) is 0 Å². The molecule has 0 aliphatic heterocycles. The third-order valence-electron chi connectivity index (χ3n) is 2.46. The Morgan fingerprint density at radius 3 is 2.58 bits per heavy atom. The standard InChI is InChI=1S/C13H19Br2NO3/c1-17-5-6-19-4-3-16-9-10-7-11(14)8-12(15)13(10)18-2/h7-8,16H,3-6,9H2,1-2H3. The highest BCUT2D eigenvalue weighted by Crippen LogP contribution is 2.32. The Morgan fingerprint density at radius 1 is 1.11 bits per heavy atom. The van der Waals surface area contributed by atoms with E-state index >= 15 is 0 Å². The van der Waals surface area contributed by atoms with Crippen LogP contribution in [0, 0.1) is 0 Å². The first-order valence-corrected chi connectivity index (χ1v) is 7.57. The molecule has 1 rings (SSSR count). The number of hydrogen-bond donors (Lipinski definition) is 1. The van der Waals surface area contributed by atoms with Gasteiger partial charge in [-0.15, -0.1) is 0 Å². The molecule has 0 saturated heterocycles. The van der Waals surface area contributed by atoms with Crippen LogP contribution in [0.1, 0.15) is 5.56 Å². The molecule has 1 N–H and O–H groups in total. The van der Waals surface area contributed by atoms with E-state index in [-0.39, 0.29) is 0 Å². The number of ether oxygens (including phenoxy) is 3. The Kier molecular flexibility index (Phi) is 8.65. The minimum Gasteiger partial charge on any atom is -0.495 e. The van der Waals surface area contributed by atoms with Gasteiger partial charge in [0.1, 0.15) is 5.75 Å². The van der Waals surface area contributed by atoms with Crippen LogP contribution < -0.4 is 10.1 Å². The zero-order valence-electron chi connectivity index (χ0n) is 11.2. The SMILES string of the molecule is COCCOCCNCc1cc(Br)cc(Br)c1OC. The predicted molar refractivity (Wildman–Crippen MR) is 82.8 cm³/mol. The first-order valence-electron chi connectivity index (χ1n) is 5.98. The van der Waals surface area contributed by atoms with E-state index < -0.39 is 0 Å². The number of halogens is 2. The van der Waals surface area contributed by atoms with E-state index in [0.717, 1.165) is 33.3 Å². The Hall–Kier alpha value is -0.140. The lowest BCUT2D eigenvalue weighted by Crippen LogP contribution is -2.20. The average Bonchev–Trinajstić information content (AvgIpc) is 2.37. The van der Waals surface area contributed by atoms with Crippen LogP contribution in [0.15, 0.2) is 21.1 Å². The molecule has 0 bridgehead atoms. The van der Waals surface area contributed by atoms with Gasteiger partial charge in [-0.25, -0.2) is 0 Å². The maximum absolute atomic E-state index is 5.39. The van der Waals surface area contributed by atoms with Crippen LogP contribution in [0.2, 0.25) is 0 Å². The van der Waals surface area contributed by atoms with Crippen LogP contribution in [-0.4, -0.2) is 40.6 Å². The number of benzene rings is 1. The zero-order valence-corrected chi connectivity index (χ0v) is 14.3. The van der Waals surface area contributed by atoms with Crippen LogP contribution in [0.4, 0.5) is 0 Å². The van der Waals surface area contributed by atoms with Crippen LogP contribution in [0.5, 0.6) is 5.75 Å². The van der Waals surface area contributed by atoms with E-state index in [2.05, 4.69) is 37.2 Å². The second-order valence-electron chi connectivity index (χ2n) is 3.86. The van der Waals surface area contributed by atoms with Gasteiger partial charge in [-0.3, -0.25) is 0 Å². The molecule has 1 aromatic rings. The Morgan fingerprint density at radius 2 is 1.89 bits per heavy atom. The summed E-state index contributed by atoms with van der Waals surface area (Å²) < 4.78 is 17.6. The van der Waals surface area contributed by atoms with Gasteiger partial charge in [-0.05, 0) is 28.1 Å². The summed E-state index contributed by atoms with van der Waals surface area (Å²) in [7, 11) is 3.34. The minimum absolute atomic E-state index is 0.629. The first kappa shape index (κ1) is 16.9. The molecule has 0 spiro atoms. The molecule has 0 radical (unpaired) electrons. The Labute approximate surface area is 131 Å². The topological polar surface area (TPSA) is 39.7 Å². The molecular weight excluding hydrogens is 378 g/mol. The molecule has 6 heteroatoms. The third kappa shape index (κ3) is 6.23. The lowest BCUT2D eigenvalue weighted by molar-refractivity contribution is 0.0719. The molecule has 0 aliphatic rings. The number of rotatable bonds is 9. The molecule has 0 atom stereocenters. The fourth-order valence-corrected chi connectivity index (χ4v) is 3.06. The molecule has 1 aromatic carbocycles. The Bertz CT molecular complexity index is 388. The predicted octanol–water partition coefficient (Wildman–Crippen LogP) is 2.97. The highest BCUT2D eigenvalue weighted by Gasteiger charge is 2.08. The van der Waals surface area contributed by atoms with Gasteiger partial charge in [0.05, 0.1) is 31.4 Å². The quantitative estimate of drug-likeness (QED) is 0.651. The van der Waals surface area contributed by atoms with E-state index in [1.54, 1.807) is 14.2 Å². The average molecular weight is 397 g/mol. The molecule has 0 aliphatic carbocycles. The van der Waals surface area contributed by atoms with Crippen molar-refractivity contribution in [1.29, 1.82) is 0 Å². The van der Waals surface area contributed by atoms with Crippen LogP contribution >= 0.6 is 31.9 Å². The molecule has 19 heavy (non-hydrogen) atoms. The normalized spacial score (nSPS) is 10.7. The summed E-state index contributed by atoms with van der Waals surface area (Å²) in [6, 6.07) is 4.01. The monoisotopic (exact) mass is 395 g/mol. The fourth-order valence-electron chi connectivity index (χ4n) is 1.59. The van der Waals surface area contributed by atoms with Gasteiger partial charge in [0, 0.05) is 30.2 Å². The van der Waals surface area contributed by atoms with E-state index in [1.165, 1.54) is 0 Å². The van der Waals surface area contributed by atoms with Gasteiger partial charge < -0.3 is 19.5 Å². The second-order valence-corrected chi connectivity index (χ2v) is 5.63. The van der Waals surface area contributed by atoms with Crippen molar-refractivity contribution in [2.24, 2.45) is 0 Å². The van der Waals surface area contributed by atoms with Gasteiger partial charge in [-0.1, -0.05) is 15.9 Å². The van der Waals surface area contributed by atoms with Crippen molar-refractivity contribution >= 4 is 31.9 Å². The Balaban J connectivity index is 2.36. The summed E-state index contributed by atoms with van der Waals surface area (Å²) in [6.07, 6.45) is 0. The van der Waals surface area contributed by atoms with Crippen LogP contribution in [0.3, 0.4) is 0 Å². The van der Waals surface area contributed by atoms with Crippen molar-refractivity contribution in [3.05, 3.63) is 26.6 Å².